The minimum absolute atomic E-state index is 0.967. The number of fused-ring (bicyclic) bond motifs is 5. The minimum atomic E-state index is 0.967. The summed E-state index contributed by atoms with van der Waals surface area (Å²) < 4.78 is 0. The predicted octanol–water partition coefficient (Wildman–Crippen LogP) is 3.07. The molecule has 0 N–H and O–H groups in total. The van der Waals surface area contributed by atoms with Crippen LogP contribution in [0.25, 0.3) is 0 Å². The number of rotatable bonds is 1. The van der Waals surface area contributed by atoms with Crippen LogP contribution in [0, 0.1) is 23.7 Å². The fourth-order valence-corrected chi connectivity index (χ4v) is 5.18. The molecule has 5 unspecified atom stereocenters. The molecule has 0 spiro atoms. The van der Waals surface area contributed by atoms with Gasteiger partial charge in [-0.15, -0.1) is 0 Å². The van der Waals surface area contributed by atoms with Crippen LogP contribution in [0.1, 0.15) is 38.5 Å². The molecular weight excluding hydrogens is 194 g/mol. The van der Waals surface area contributed by atoms with E-state index in [1.807, 2.05) is 0 Å². The fraction of sp³-hybridized carbons (Fsp3) is 0.867. The Bertz CT molecular complexity index is 303. The molecule has 1 nitrogen and oxygen atoms in total. The van der Waals surface area contributed by atoms with Crippen molar-refractivity contribution in [1.82, 2.24) is 4.90 Å². The SMILES string of the molecule is C1=CC2C(C1)C1CC2C(N2CCCCC2)C1. The van der Waals surface area contributed by atoms with E-state index in [9.17, 15) is 0 Å². The first kappa shape index (κ1) is 9.70. The van der Waals surface area contributed by atoms with Crippen molar-refractivity contribution in [3.05, 3.63) is 12.2 Å². The Balaban J connectivity index is 1.53. The van der Waals surface area contributed by atoms with E-state index < -0.39 is 0 Å². The lowest BCUT2D eigenvalue weighted by Crippen LogP contribution is -2.45. The van der Waals surface area contributed by atoms with Crippen LogP contribution in [0.4, 0.5) is 0 Å². The van der Waals surface area contributed by atoms with Crippen molar-refractivity contribution in [2.45, 2.75) is 44.6 Å². The van der Waals surface area contributed by atoms with Crippen LogP contribution < -0.4 is 0 Å². The van der Waals surface area contributed by atoms with Gasteiger partial charge in [0.2, 0.25) is 0 Å². The van der Waals surface area contributed by atoms with Crippen molar-refractivity contribution in [3.8, 4) is 0 Å². The summed E-state index contributed by atoms with van der Waals surface area (Å²) >= 11 is 0. The second kappa shape index (κ2) is 3.60. The number of hydrogen-bond donors (Lipinski definition) is 0. The molecule has 2 saturated carbocycles. The van der Waals surface area contributed by atoms with Gasteiger partial charge in [0.1, 0.15) is 0 Å². The Morgan fingerprint density at radius 3 is 2.69 bits per heavy atom. The van der Waals surface area contributed by atoms with Gasteiger partial charge in [0.25, 0.3) is 0 Å². The molecule has 1 saturated heterocycles. The average molecular weight is 217 g/mol. The molecule has 0 aromatic rings. The maximum absolute atomic E-state index is 2.84. The van der Waals surface area contributed by atoms with E-state index in [0.717, 1.165) is 29.7 Å². The molecule has 5 atom stereocenters. The molecular formula is C15H23N. The monoisotopic (exact) mass is 217 g/mol. The molecule has 0 aromatic heterocycles. The highest BCUT2D eigenvalue weighted by atomic mass is 15.2. The second-order valence-electron chi connectivity index (χ2n) is 6.46. The van der Waals surface area contributed by atoms with Crippen LogP contribution in [-0.2, 0) is 0 Å². The van der Waals surface area contributed by atoms with Crippen molar-refractivity contribution in [3.63, 3.8) is 0 Å². The summed E-state index contributed by atoms with van der Waals surface area (Å²) in [5.41, 5.74) is 0. The summed E-state index contributed by atoms with van der Waals surface area (Å²) in [4.78, 5) is 2.84. The van der Waals surface area contributed by atoms with Gasteiger partial charge in [0.15, 0.2) is 0 Å². The third-order valence-electron chi connectivity index (χ3n) is 5.83. The van der Waals surface area contributed by atoms with Gasteiger partial charge in [0.05, 0.1) is 0 Å². The summed E-state index contributed by atoms with van der Waals surface area (Å²) in [6.07, 6.45) is 13.9. The van der Waals surface area contributed by atoms with Gasteiger partial charge in [-0.2, -0.15) is 0 Å². The smallest absolute Gasteiger partial charge is 0.0132 e. The van der Waals surface area contributed by atoms with Gasteiger partial charge < -0.3 is 4.90 Å². The van der Waals surface area contributed by atoms with Crippen molar-refractivity contribution < 1.29 is 0 Å². The van der Waals surface area contributed by atoms with Gasteiger partial charge in [-0.3, -0.25) is 0 Å². The summed E-state index contributed by atoms with van der Waals surface area (Å²) in [5, 5.41) is 0. The van der Waals surface area contributed by atoms with E-state index in [-0.39, 0.29) is 0 Å². The number of likely N-dealkylation sites (tertiary alicyclic amines) is 1. The van der Waals surface area contributed by atoms with Gasteiger partial charge in [-0.25, -0.2) is 0 Å². The molecule has 4 aliphatic rings. The zero-order valence-corrected chi connectivity index (χ0v) is 10.1. The van der Waals surface area contributed by atoms with Crippen LogP contribution in [0.2, 0.25) is 0 Å². The first-order chi connectivity index (χ1) is 7.93. The van der Waals surface area contributed by atoms with E-state index in [4.69, 9.17) is 0 Å². The van der Waals surface area contributed by atoms with Gasteiger partial charge in [0, 0.05) is 6.04 Å². The summed E-state index contributed by atoms with van der Waals surface area (Å²) in [6, 6.07) is 0.967. The zero-order valence-electron chi connectivity index (χ0n) is 10.1. The van der Waals surface area contributed by atoms with Crippen LogP contribution in [0.15, 0.2) is 12.2 Å². The topological polar surface area (TPSA) is 3.24 Å². The molecule has 3 aliphatic carbocycles. The molecule has 0 amide bonds. The second-order valence-corrected chi connectivity index (χ2v) is 6.46. The highest BCUT2D eigenvalue weighted by Gasteiger charge is 2.53. The van der Waals surface area contributed by atoms with Crippen molar-refractivity contribution >= 4 is 0 Å². The number of nitrogens with zero attached hydrogens (tertiary/aromatic N) is 1. The predicted molar refractivity (Wildman–Crippen MR) is 66.2 cm³/mol. The molecule has 2 bridgehead atoms. The molecule has 1 heterocycles. The number of allylic oxidation sites excluding steroid dienone is 2. The minimum Gasteiger partial charge on any atom is -0.300 e. The lowest BCUT2D eigenvalue weighted by molar-refractivity contribution is 0.0874. The van der Waals surface area contributed by atoms with E-state index in [0.29, 0.717) is 0 Å². The van der Waals surface area contributed by atoms with Crippen LogP contribution in [0.3, 0.4) is 0 Å². The van der Waals surface area contributed by atoms with E-state index >= 15 is 0 Å². The van der Waals surface area contributed by atoms with E-state index in [2.05, 4.69) is 17.1 Å². The zero-order chi connectivity index (χ0) is 10.5. The maximum atomic E-state index is 2.84. The normalized spacial score (nSPS) is 51.1. The Hall–Kier alpha value is -0.300. The Labute approximate surface area is 98.9 Å². The maximum Gasteiger partial charge on any atom is 0.0132 e. The Morgan fingerprint density at radius 2 is 1.81 bits per heavy atom. The number of hydrogen-bond acceptors (Lipinski definition) is 1. The lowest BCUT2D eigenvalue weighted by Gasteiger charge is -2.40. The van der Waals surface area contributed by atoms with Crippen LogP contribution in [-0.4, -0.2) is 24.0 Å². The Morgan fingerprint density at radius 1 is 0.938 bits per heavy atom. The van der Waals surface area contributed by atoms with Crippen molar-refractivity contribution in [2.24, 2.45) is 23.7 Å². The summed E-state index contributed by atoms with van der Waals surface area (Å²) in [5.74, 6) is 4.15. The van der Waals surface area contributed by atoms with Crippen LogP contribution >= 0.6 is 0 Å². The third-order valence-corrected chi connectivity index (χ3v) is 5.83. The third kappa shape index (κ3) is 1.27. The summed E-state index contributed by atoms with van der Waals surface area (Å²) in [6.45, 7) is 2.80. The van der Waals surface area contributed by atoms with Gasteiger partial charge >= 0.3 is 0 Å². The van der Waals surface area contributed by atoms with Crippen LogP contribution in [0.5, 0.6) is 0 Å². The fourth-order valence-electron chi connectivity index (χ4n) is 5.18. The van der Waals surface area contributed by atoms with Crippen molar-refractivity contribution in [2.75, 3.05) is 13.1 Å². The standard InChI is InChI=1S/C15H23N/c1-2-7-16(8-3-1)15-10-11-9-14(15)13-6-4-5-12(11)13/h4,6,11-15H,1-3,5,7-10H2. The molecule has 0 aromatic carbocycles. The molecule has 1 heteroatoms. The lowest BCUT2D eigenvalue weighted by atomic mass is 9.78. The molecule has 16 heavy (non-hydrogen) atoms. The molecule has 1 aliphatic heterocycles. The number of piperidine rings is 1. The van der Waals surface area contributed by atoms with Gasteiger partial charge in [-0.1, -0.05) is 18.6 Å². The average Bonchev–Trinajstić information content (AvgIpc) is 3.02. The Kier molecular flexibility index (Phi) is 2.18. The van der Waals surface area contributed by atoms with Gasteiger partial charge in [-0.05, 0) is 68.9 Å². The quantitative estimate of drug-likeness (QED) is 0.610. The van der Waals surface area contributed by atoms with E-state index in [1.165, 1.54) is 45.2 Å². The molecule has 3 fully saturated rings. The van der Waals surface area contributed by atoms with Crippen molar-refractivity contribution in [1.29, 1.82) is 0 Å². The first-order valence-electron chi connectivity index (χ1n) is 7.34. The van der Waals surface area contributed by atoms with E-state index in [1.54, 1.807) is 6.42 Å². The largest absolute Gasteiger partial charge is 0.300 e. The highest BCUT2D eigenvalue weighted by Crippen LogP contribution is 2.57. The molecule has 88 valence electrons. The highest BCUT2D eigenvalue weighted by molar-refractivity contribution is 5.15. The first-order valence-corrected chi connectivity index (χ1v) is 7.34. The molecule has 0 radical (unpaired) electrons. The molecule has 4 rings (SSSR count). The summed E-state index contributed by atoms with van der Waals surface area (Å²) in [7, 11) is 0.